The van der Waals surface area contributed by atoms with E-state index in [-0.39, 0.29) is 5.91 Å². The summed E-state index contributed by atoms with van der Waals surface area (Å²) in [6.45, 7) is 4.36. The van der Waals surface area contributed by atoms with Crippen molar-refractivity contribution in [3.05, 3.63) is 46.2 Å². The summed E-state index contributed by atoms with van der Waals surface area (Å²) in [7, 11) is 1.92. The maximum Gasteiger partial charge on any atom is 0.243 e. The Morgan fingerprint density at radius 1 is 1.26 bits per heavy atom. The van der Waals surface area contributed by atoms with Crippen LogP contribution in [0.15, 0.2) is 35.0 Å². The first kappa shape index (κ1) is 13.6. The predicted octanol–water partition coefficient (Wildman–Crippen LogP) is 3.44. The first-order valence-electron chi connectivity index (χ1n) is 6.17. The zero-order valence-electron chi connectivity index (χ0n) is 11.4. The predicted molar refractivity (Wildman–Crippen MR) is 82.1 cm³/mol. The molecule has 0 aliphatic carbocycles. The smallest absolute Gasteiger partial charge is 0.243 e. The quantitative estimate of drug-likeness (QED) is 0.926. The lowest BCUT2D eigenvalue weighted by Crippen LogP contribution is -2.30. The third-order valence-electron chi connectivity index (χ3n) is 3.07. The highest BCUT2D eigenvalue weighted by molar-refractivity contribution is 7.08. The number of nitrogens with zero attached hydrogens (tertiary/aromatic N) is 1. The number of amides is 1. The summed E-state index contributed by atoms with van der Waals surface area (Å²) in [4.78, 5) is 14.0. The maximum atomic E-state index is 12.1. The molecule has 3 nitrogen and oxygen atoms in total. The van der Waals surface area contributed by atoms with Crippen LogP contribution >= 0.6 is 11.3 Å². The van der Waals surface area contributed by atoms with E-state index in [0.29, 0.717) is 6.54 Å². The van der Waals surface area contributed by atoms with Crippen molar-refractivity contribution >= 4 is 28.6 Å². The summed E-state index contributed by atoms with van der Waals surface area (Å²) >= 11 is 1.63. The molecule has 2 aromatic rings. The number of para-hydroxylation sites is 1. The molecule has 1 heterocycles. The van der Waals surface area contributed by atoms with Crippen LogP contribution in [0.1, 0.15) is 11.1 Å². The van der Waals surface area contributed by atoms with E-state index in [1.165, 1.54) is 0 Å². The van der Waals surface area contributed by atoms with Crippen molar-refractivity contribution < 1.29 is 4.79 Å². The van der Waals surface area contributed by atoms with Gasteiger partial charge in [0.05, 0.1) is 6.54 Å². The molecule has 0 unspecified atom stereocenters. The molecule has 0 atom stereocenters. The molecule has 1 amide bonds. The Bertz CT molecular complexity index is 543. The minimum atomic E-state index is 0.00565. The molecule has 19 heavy (non-hydrogen) atoms. The fourth-order valence-corrected chi connectivity index (χ4v) is 2.67. The van der Waals surface area contributed by atoms with Gasteiger partial charge in [-0.05, 0) is 36.4 Å². The number of likely N-dealkylation sites (N-methyl/N-ethyl adjacent to an activating group) is 1. The first-order valence-corrected chi connectivity index (χ1v) is 7.11. The van der Waals surface area contributed by atoms with Gasteiger partial charge >= 0.3 is 0 Å². The SMILES string of the molecule is Cc1cccc(C)c1NC(=O)CN(C)c1ccsc1. The fourth-order valence-electron chi connectivity index (χ4n) is 1.97. The monoisotopic (exact) mass is 274 g/mol. The summed E-state index contributed by atoms with van der Waals surface area (Å²) in [5.41, 5.74) is 4.17. The van der Waals surface area contributed by atoms with Crippen LogP contribution < -0.4 is 10.2 Å². The third-order valence-corrected chi connectivity index (χ3v) is 3.74. The molecule has 0 aliphatic heterocycles. The van der Waals surface area contributed by atoms with Crippen molar-refractivity contribution in [2.24, 2.45) is 0 Å². The number of benzene rings is 1. The van der Waals surface area contributed by atoms with Crippen LogP contribution in [0.4, 0.5) is 11.4 Å². The molecule has 0 fully saturated rings. The zero-order valence-corrected chi connectivity index (χ0v) is 12.3. The minimum absolute atomic E-state index is 0.00565. The van der Waals surface area contributed by atoms with Crippen molar-refractivity contribution in [3.8, 4) is 0 Å². The van der Waals surface area contributed by atoms with Crippen molar-refractivity contribution in [2.45, 2.75) is 13.8 Å². The van der Waals surface area contributed by atoms with Gasteiger partial charge in [-0.3, -0.25) is 4.79 Å². The van der Waals surface area contributed by atoms with Crippen LogP contribution in [-0.4, -0.2) is 19.5 Å². The minimum Gasteiger partial charge on any atom is -0.365 e. The second-order valence-electron chi connectivity index (χ2n) is 4.65. The van der Waals surface area contributed by atoms with Gasteiger partial charge in [0.25, 0.3) is 0 Å². The van der Waals surface area contributed by atoms with Crippen LogP contribution in [0.25, 0.3) is 0 Å². The van der Waals surface area contributed by atoms with E-state index in [1.807, 2.05) is 60.8 Å². The molecule has 0 spiro atoms. The Kier molecular flexibility index (Phi) is 4.22. The zero-order chi connectivity index (χ0) is 13.8. The molecular weight excluding hydrogens is 256 g/mol. The summed E-state index contributed by atoms with van der Waals surface area (Å²) in [6, 6.07) is 8.02. The maximum absolute atomic E-state index is 12.1. The molecule has 0 bridgehead atoms. The normalized spacial score (nSPS) is 10.3. The molecule has 0 radical (unpaired) electrons. The van der Waals surface area contributed by atoms with E-state index in [0.717, 1.165) is 22.5 Å². The Labute approximate surface area is 117 Å². The molecule has 2 rings (SSSR count). The Morgan fingerprint density at radius 2 is 1.95 bits per heavy atom. The van der Waals surface area contributed by atoms with Crippen molar-refractivity contribution in [2.75, 3.05) is 23.8 Å². The van der Waals surface area contributed by atoms with Gasteiger partial charge in [0.15, 0.2) is 0 Å². The number of hydrogen-bond donors (Lipinski definition) is 1. The van der Waals surface area contributed by atoms with Gasteiger partial charge in [-0.25, -0.2) is 0 Å². The highest BCUT2D eigenvalue weighted by atomic mass is 32.1. The number of hydrogen-bond acceptors (Lipinski definition) is 3. The number of carbonyl (C=O) groups excluding carboxylic acids is 1. The summed E-state index contributed by atoms with van der Waals surface area (Å²) < 4.78 is 0. The lowest BCUT2D eigenvalue weighted by Gasteiger charge is -2.18. The number of anilines is 2. The standard InChI is InChI=1S/C15H18N2OS/c1-11-5-4-6-12(2)15(11)16-14(18)9-17(3)13-7-8-19-10-13/h4-8,10H,9H2,1-3H3,(H,16,18). The second-order valence-corrected chi connectivity index (χ2v) is 5.43. The van der Waals surface area contributed by atoms with Crippen LogP contribution in [-0.2, 0) is 4.79 Å². The molecule has 1 aromatic carbocycles. The first-order chi connectivity index (χ1) is 9.08. The second kappa shape index (κ2) is 5.89. The van der Waals surface area contributed by atoms with E-state index in [2.05, 4.69) is 5.32 Å². The fraction of sp³-hybridized carbons (Fsp3) is 0.267. The van der Waals surface area contributed by atoms with E-state index >= 15 is 0 Å². The third kappa shape index (κ3) is 3.35. The van der Waals surface area contributed by atoms with Gasteiger partial charge in [-0.15, -0.1) is 0 Å². The number of nitrogens with one attached hydrogen (secondary N) is 1. The van der Waals surface area contributed by atoms with E-state index in [9.17, 15) is 4.79 Å². The van der Waals surface area contributed by atoms with Gasteiger partial charge in [0, 0.05) is 23.8 Å². The molecule has 1 aromatic heterocycles. The van der Waals surface area contributed by atoms with E-state index in [4.69, 9.17) is 0 Å². The Balaban J connectivity index is 2.02. The number of rotatable bonds is 4. The van der Waals surface area contributed by atoms with Gasteiger partial charge in [0.2, 0.25) is 5.91 Å². The van der Waals surface area contributed by atoms with Gasteiger partial charge < -0.3 is 10.2 Å². The molecule has 0 saturated heterocycles. The average Bonchev–Trinajstić information content (AvgIpc) is 2.88. The van der Waals surface area contributed by atoms with E-state index < -0.39 is 0 Å². The lowest BCUT2D eigenvalue weighted by molar-refractivity contribution is -0.114. The van der Waals surface area contributed by atoms with Crippen molar-refractivity contribution in [1.29, 1.82) is 0 Å². The van der Waals surface area contributed by atoms with Crippen LogP contribution in [0.3, 0.4) is 0 Å². The van der Waals surface area contributed by atoms with Crippen LogP contribution in [0.5, 0.6) is 0 Å². The molecule has 4 heteroatoms. The molecule has 1 N–H and O–H groups in total. The Morgan fingerprint density at radius 3 is 2.53 bits per heavy atom. The number of aryl methyl sites for hydroxylation is 2. The summed E-state index contributed by atoms with van der Waals surface area (Å²) in [6.07, 6.45) is 0. The topological polar surface area (TPSA) is 32.3 Å². The summed E-state index contributed by atoms with van der Waals surface area (Å²) in [5, 5.41) is 7.04. The lowest BCUT2D eigenvalue weighted by atomic mass is 10.1. The molecular formula is C15H18N2OS. The van der Waals surface area contributed by atoms with E-state index in [1.54, 1.807) is 11.3 Å². The van der Waals surface area contributed by atoms with Crippen molar-refractivity contribution in [3.63, 3.8) is 0 Å². The van der Waals surface area contributed by atoms with Crippen LogP contribution in [0, 0.1) is 13.8 Å². The van der Waals surface area contributed by atoms with Gasteiger partial charge in [-0.2, -0.15) is 11.3 Å². The van der Waals surface area contributed by atoms with Gasteiger partial charge in [-0.1, -0.05) is 18.2 Å². The molecule has 0 saturated carbocycles. The van der Waals surface area contributed by atoms with Gasteiger partial charge in [0.1, 0.15) is 0 Å². The largest absolute Gasteiger partial charge is 0.365 e. The van der Waals surface area contributed by atoms with Crippen molar-refractivity contribution in [1.82, 2.24) is 0 Å². The highest BCUT2D eigenvalue weighted by Crippen LogP contribution is 2.20. The number of carbonyl (C=O) groups is 1. The van der Waals surface area contributed by atoms with Crippen LogP contribution in [0.2, 0.25) is 0 Å². The highest BCUT2D eigenvalue weighted by Gasteiger charge is 2.10. The Hall–Kier alpha value is -1.81. The molecule has 0 aliphatic rings. The number of thiophene rings is 1. The average molecular weight is 274 g/mol. The summed E-state index contributed by atoms with van der Waals surface area (Å²) in [5.74, 6) is 0.00565. The molecule has 100 valence electrons.